The predicted molar refractivity (Wildman–Crippen MR) is 64.9 cm³/mol. The number of nitrogens with two attached hydrogens (primary N) is 1. The van der Waals surface area contributed by atoms with Gasteiger partial charge in [0, 0.05) is 12.7 Å². The Hall–Kier alpha value is -1.80. The van der Waals surface area contributed by atoms with Crippen molar-refractivity contribution in [3.63, 3.8) is 0 Å². The Labute approximate surface area is 105 Å². The van der Waals surface area contributed by atoms with E-state index < -0.39 is 10.0 Å². The van der Waals surface area contributed by atoms with E-state index in [4.69, 9.17) is 5.14 Å². The summed E-state index contributed by atoms with van der Waals surface area (Å²) in [4.78, 5) is 4.13. The Morgan fingerprint density at radius 1 is 1.33 bits per heavy atom. The average Bonchev–Trinajstić information content (AvgIpc) is 2.74. The van der Waals surface area contributed by atoms with E-state index >= 15 is 0 Å². The molecule has 0 aliphatic carbocycles. The molecule has 0 radical (unpaired) electrons. The number of primary sulfonamides is 1. The Bertz CT molecular complexity index is 636. The van der Waals surface area contributed by atoms with Gasteiger partial charge in [0.1, 0.15) is 5.69 Å². The zero-order valence-electron chi connectivity index (χ0n) is 9.81. The molecule has 0 aliphatic heterocycles. The van der Waals surface area contributed by atoms with Crippen LogP contribution in [0.4, 0.5) is 0 Å². The zero-order valence-corrected chi connectivity index (χ0v) is 10.6. The molecule has 0 aliphatic rings. The molecular formula is C10H13N5O2S. The van der Waals surface area contributed by atoms with Gasteiger partial charge in [0.15, 0.2) is 5.82 Å². The van der Waals surface area contributed by atoms with Crippen molar-refractivity contribution in [1.29, 1.82) is 0 Å². The lowest BCUT2D eigenvalue weighted by Gasteiger charge is -2.06. The molecule has 0 spiro atoms. The van der Waals surface area contributed by atoms with Gasteiger partial charge in [-0.3, -0.25) is 9.55 Å². The van der Waals surface area contributed by atoms with Crippen LogP contribution in [0.3, 0.4) is 0 Å². The van der Waals surface area contributed by atoms with Crippen LogP contribution in [0.15, 0.2) is 29.6 Å². The first-order chi connectivity index (χ1) is 8.54. The van der Waals surface area contributed by atoms with Gasteiger partial charge < -0.3 is 0 Å². The maximum atomic E-state index is 11.4. The molecule has 7 nitrogen and oxygen atoms in total. The van der Waals surface area contributed by atoms with Gasteiger partial charge in [-0.2, -0.15) is 0 Å². The maximum absolute atomic E-state index is 11.4. The van der Waals surface area contributed by atoms with E-state index in [2.05, 4.69) is 15.2 Å². The molecule has 0 amide bonds. The van der Waals surface area contributed by atoms with E-state index in [0.717, 1.165) is 6.42 Å². The second-order valence-electron chi connectivity index (χ2n) is 3.72. The molecule has 0 aromatic carbocycles. The summed E-state index contributed by atoms with van der Waals surface area (Å²) in [6.45, 7) is 2.39. The van der Waals surface area contributed by atoms with E-state index in [1.807, 2.05) is 6.92 Å². The van der Waals surface area contributed by atoms with Crippen LogP contribution < -0.4 is 5.14 Å². The smallest absolute Gasteiger partial charge is 0.273 e. The van der Waals surface area contributed by atoms with Gasteiger partial charge in [-0.05, 0) is 18.6 Å². The molecule has 18 heavy (non-hydrogen) atoms. The number of sulfonamides is 1. The Morgan fingerprint density at radius 3 is 2.67 bits per heavy atom. The minimum Gasteiger partial charge on any atom is -0.295 e. The molecule has 2 N–H and O–H groups in total. The van der Waals surface area contributed by atoms with E-state index in [9.17, 15) is 8.42 Å². The monoisotopic (exact) mass is 267 g/mol. The lowest BCUT2D eigenvalue weighted by atomic mass is 10.3. The van der Waals surface area contributed by atoms with Crippen molar-refractivity contribution in [3.8, 4) is 11.5 Å². The van der Waals surface area contributed by atoms with Crippen LogP contribution in [-0.2, 0) is 16.6 Å². The van der Waals surface area contributed by atoms with Crippen LogP contribution in [0, 0.1) is 0 Å². The van der Waals surface area contributed by atoms with E-state index in [1.54, 1.807) is 24.4 Å². The number of pyridine rings is 1. The minimum atomic E-state index is -3.88. The summed E-state index contributed by atoms with van der Waals surface area (Å²) in [7, 11) is -3.88. The van der Waals surface area contributed by atoms with E-state index in [-0.39, 0.29) is 5.16 Å². The predicted octanol–water partition coefficient (Wildman–Crippen LogP) is 0.397. The van der Waals surface area contributed by atoms with Gasteiger partial charge in [0.25, 0.3) is 15.2 Å². The highest BCUT2D eigenvalue weighted by molar-refractivity contribution is 7.89. The summed E-state index contributed by atoms with van der Waals surface area (Å²) in [6, 6.07) is 5.30. The zero-order chi connectivity index (χ0) is 13.2. The summed E-state index contributed by atoms with van der Waals surface area (Å²) in [5.74, 6) is 0.404. The van der Waals surface area contributed by atoms with Gasteiger partial charge in [-0.25, -0.2) is 13.6 Å². The summed E-state index contributed by atoms with van der Waals surface area (Å²) >= 11 is 0. The molecule has 0 fully saturated rings. The number of hydrogen-bond acceptors (Lipinski definition) is 5. The van der Waals surface area contributed by atoms with E-state index in [1.165, 1.54) is 4.57 Å². The van der Waals surface area contributed by atoms with Crippen LogP contribution in [0.5, 0.6) is 0 Å². The van der Waals surface area contributed by atoms with Crippen LogP contribution >= 0.6 is 0 Å². The third kappa shape index (κ3) is 2.39. The number of hydrogen-bond donors (Lipinski definition) is 1. The molecule has 0 atom stereocenters. The fourth-order valence-electron chi connectivity index (χ4n) is 1.61. The van der Waals surface area contributed by atoms with Gasteiger partial charge in [-0.1, -0.05) is 13.0 Å². The van der Waals surface area contributed by atoms with Crippen LogP contribution in [0.2, 0.25) is 0 Å². The first kappa shape index (κ1) is 12.7. The lowest BCUT2D eigenvalue weighted by molar-refractivity contribution is 0.559. The Kier molecular flexibility index (Phi) is 3.39. The Morgan fingerprint density at radius 2 is 2.11 bits per heavy atom. The fraction of sp³-hybridized carbons (Fsp3) is 0.300. The normalized spacial score (nSPS) is 11.7. The number of rotatable bonds is 4. The Balaban J connectivity index is 2.60. The lowest BCUT2D eigenvalue weighted by Crippen LogP contribution is -2.19. The second-order valence-corrected chi connectivity index (χ2v) is 5.17. The second kappa shape index (κ2) is 4.83. The summed E-state index contributed by atoms with van der Waals surface area (Å²) in [5.41, 5.74) is 0.563. The molecule has 8 heteroatoms. The molecule has 2 heterocycles. The summed E-state index contributed by atoms with van der Waals surface area (Å²) in [6.07, 6.45) is 2.34. The quantitative estimate of drug-likeness (QED) is 0.863. The topological polar surface area (TPSA) is 104 Å². The van der Waals surface area contributed by atoms with Gasteiger partial charge >= 0.3 is 0 Å². The molecule has 2 rings (SSSR count). The van der Waals surface area contributed by atoms with Crippen molar-refractivity contribution >= 4 is 10.0 Å². The molecule has 0 saturated carbocycles. The van der Waals surface area contributed by atoms with Crippen molar-refractivity contribution in [1.82, 2.24) is 19.7 Å². The molecule has 96 valence electrons. The molecule has 0 bridgehead atoms. The van der Waals surface area contributed by atoms with Crippen molar-refractivity contribution in [3.05, 3.63) is 24.4 Å². The number of aromatic nitrogens is 4. The van der Waals surface area contributed by atoms with Crippen LogP contribution in [-0.4, -0.2) is 28.2 Å². The summed E-state index contributed by atoms with van der Waals surface area (Å²) < 4.78 is 24.3. The molecule has 2 aromatic heterocycles. The third-order valence-electron chi connectivity index (χ3n) is 2.31. The van der Waals surface area contributed by atoms with Gasteiger partial charge in [0.2, 0.25) is 0 Å². The molecule has 2 aromatic rings. The standard InChI is InChI=1S/C10H13N5O2S/c1-2-7-15-9(8-5-3-4-6-12-8)13-14-10(15)18(11,16)17/h3-6H,2,7H2,1H3,(H2,11,16,17). The average molecular weight is 267 g/mol. The first-order valence-electron chi connectivity index (χ1n) is 5.41. The SMILES string of the molecule is CCCn1c(-c2ccccn2)nnc1S(N)(=O)=O. The van der Waals surface area contributed by atoms with Gasteiger partial charge in [-0.15, -0.1) is 10.2 Å². The third-order valence-corrected chi connectivity index (χ3v) is 3.12. The minimum absolute atomic E-state index is 0.231. The van der Waals surface area contributed by atoms with Crippen molar-refractivity contribution < 1.29 is 8.42 Å². The van der Waals surface area contributed by atoms with Crippen molar-refractivity contribution in [2.45, 2.75) is 25.0 Å². The fourth-order valence-corrected chi connectivity index (χ4v) is 2.25. The number of nitrogens with zero attached hydrogens (tertiary/aromatic N) is 4. The van der Waals surface area contributed by atoms with Crippen LogP contribution in [0.25, 0.3) is 11.5 Å². The van der Waals surface area contributed by atoms with E-state index in [0.29, 0.717) is 18.1 Å². The highest BCUT2D eigenvalue weighted by Gasteiger charge is 2.21. The molecular weight excluding hydrogens is 254 g/mol. The molecule has 0 unspecified atom stereocenters. The largest absolute Gasteiger partial charge is 0.295 e. The van der Waals surface area contributed by atoms with Gasteiger partial charge in [0.05, 0.1) is 0 Å². The summed E-state index contributed by atoms with van der Waals surface area (Å²) in [5, 5.41) is 12.4. The molecule has 0 saturated heterocycles. The first-order valence-corrected chi connectivity index (χ1v) is 6.96. The van der Waals surface area contributed by atoms with Crippen molar-refractivity contribution in [2.24, 2.45) is 5.14 Å². The highest BCUT2D eigenvalue weighted by atomic mass is 32.2. The maximum Gasteiger partial charge on any atom is 0.273 e. The van der Waals surface area contributed by atoms with Crippen molar-refractivity contribution in [2.75, 3.05) is 0 Å². The highest BCUT2D eigenvalue weighted by Crippen LogP contribution is 2.17. The van der Waals surface area contributed by atoms with Crippen LogP contribution in [0.1, 0.15) is 13.3 Å².